The number of anilines is 2. The number of nitrogens with one attached hydrogen (secondary N) is 1. The van der Waals surface area contributed by atoms with Crippen molar-refractivity contribution in [1.82, 2.24) is 9.80 Å². The Morgan fingerprint density at radius 2 is 1.59 bits per heavy atom. The highest BCUT2D eigenvalue weighted by molar-refractivity contribution is 7.98. The van der Waals surface area contributed by atoms with Crippen molar-refractivity contribution in [2.75, 3.05) is 62.3 Å². The minimum absolute atomic E-state index is 0.0563. The first-order valence-electron chi connectivity index (χ1n) is 13.8. The van der Waals surface area contributed by atoms with E-state index in [0.29, 0.717) is 25.2 Å². The summed E-state index contributed by atoms with van der Waals surface area (Å²) in [5.74, 6) is 0.164. The molecule has 9 heteroatoms. The maximum Gasteiger partial charge on any atom is 0.417 e. The standard InChI is InChI=1S/C30H41F3N4OS/c1-29(2,3)22-5-8-25(9-6-22)36-19-17-35(18-20-36)14-13-28(38)37-15-11-23(12-16-37)34-24-7-10-27(39-4)26(21-24)30(31,32)33/h5-10,21,23,34H,11-20H2,1-4H3. The van der Waals surface area contributed by atoms with Crippen LogP contribution in [0.15, 0.2) is 47.4 Å². The highest BCUT2D eigenvalue weighted by Crippen LogP contribution is 2.38. The van der Waals surface area contributed by atoms with Gasteiger partial charge < -0.3 is 15.1 Å². The molecule has 2 aliphatic heterocycles. The van der Waals surface area contributed by atoms with Crippen LogP contribution in [0, 0.1) is 0 Å². The zero-order valence-electron chi connectivity index (χ0n) is 23.5. The van der Waals surface area contributed by atoms with Crippen LogP contribution in [0.2, 0.25) is 0 Å². The van der Waals surface area contributed by atoms with E-state index in [4.69, 9.17) is 0 Å². The molecule has 214 valence electrons. The van der Waals surface area contributed by atoms with E-state index >= 15 is 0 Å². The molecule has 1 amide bonds. The van der Waals surface area contributed by atoms with Crippen molar-refractivity contribution in [2.24, 2.45) is 0 Å². The monoisotopic (exact) mass is 562 g/mol. The molecule has 0 spiro atoms. The lowest BCUT2D eigenvalue weighted by Gasteiger charge is -2.37. The summed E-state index contributed by atoms with van der Waals surface area (Å²) in [4.78, 5) is 19.8. The Balaban J connectivity index is 1.18. The number of hydrogen-bond donors (Lipinski definition) is 1. The third kappa shape index (κ3) is 7.84. The molecule has 2 aromatic rings. The number of benzene rings is 2. The first kappa shape index (κ1) is 29.6. The number of rotatable bonds is 7. The van der Waals surface area contributed by atoms with Gasteiger partial charge in [-0.05, 0) is 60.4 Å². The van der Waals surface area contributed by atoms with E-state index < -0.39 is 11.7 Å². The summed E-state index contributed by atoms with van der Waals surface area (Å²) in [6, 6.07) is 13.4. The molecule has 2 saturated heterocycles. The maximum absolute atomic E-state index is 13.4. The molecule has 5 nitrogen and oxygen atoms in total. The smallest absolute Gasteiger partial charge is 0.382 e. The molecular formula is C30H41F3N4OS. The summed E-state index contributed by atoms with van der Waals surface area (Å²) < 4.78 is 40.2. The van der Waals surface area contributed by atoms with Gasteiger partial charge in [0.2, 0.25) is 5.91 Å². The first-order chi connectivity index (χ1) is 18.4. The van der Waals surface area contributed by atoms with Gasteiger partial charge in [-0.1, -0.05) is 32.9 Å². The molecule has 0 radical (unpaired) electrons. The number of thioether (sulfide) groups is 1. The van der Waals surface area contributed by atoms with Gasteiger partial charge in [0.25, 0.3) is 0 Å². The van der Waals surface area contributed by atoms with Crippen LogP contribution in [0.1, 0.15) is 51.2 Å². The Hall–Kier alpha value is -2.39. The Morgan fingerprint density at radius 1 is 0.949 bits per heavy atom. The molecule has 0 aromatic heterocycles. The van der Waals surface area contributed by atoms with Gasteiger partial charge in [0, 0.05) is 74.5 Å². The number of piperidine rings is 1. The van der Waals surface area contributed by atoms with E-state index in [2.05, 4.69) is 60.2 Å². The summed E-state index contributed by atoms with van der Waals surface area (Å²) in [5, 5.41) is 3.26. The first-order valence-corrected chi connectivity index (χ1v) is 15.0. The van der Waals surface area contributed by atoms with E-state index in [1.165, 1.54) is 23.4 Å². The molecular weight excluding hydrogens is 521 g/mol. The molecule has 0 unspecified atom stereocenters. The number of piperazine rings is 1. The minimum Gasteiger partial charge on any atom is -0.382 e. The van der Waals surface area contributed by atoms with Gasteiger partial charge >= 0.3 is 6.18 Å². The number of alkyl halides is 3. The van der Waals surface area contributed by atoms with Crippen LogP contribution in [-0.4, -0.2) is 73.8 Å². The Kier molecular flexibility index (Phi) is 9.42. The molecule has 2 aliphatic rings. The third-order valence-corrected chi connectivity index (χ3v) is 8.63. The molecule has 4 rings (SSSR count). The normalized spacial score (nSPS) is 17.9. The van der Waals surface area contributed by atoms with Gasteiger partial charge in [-0.2, -0.15) is 13.2 Å². The topological polar surface area (TPSA) is 38.8 Å². The second-order valence-corrected chi connectivity index (χ2v) is 12.4. The predicted molar refractivity (Wildman–Crippen MR) is 155 cm³/mol. The van der Waals surface area contributed by atoms with Crippen molar-refractivity contribution in [3.05, 3.63) is 53.6 Å². The largest absolute Gasteiger partial charge is 0.417 e. The molecule has 2 fully saturated rings. The van der Waals surface area contributed by atoms with Crippen LogP contribution in [0.5, 0.6) is 0 Å². The number of halogens is 3. The fourth-order valence-corrected chi connectivity index (χ4v) is 5.94. The maximum atomic E-state index is 13.4. The van der Waals surface area contributed by atoms with Crippen molar-refractivity contribution < 1.29 is 18.0 Å². The molecule has 0 saturated carbocycles. The lowest BCUT2D eigenvalue weighted by molar-refractivity contribution is -0.139. The molecule has 0 bridgehead atoms. The minimum atomic E-state index is -4.38. The molecule has 1 N–H and O–H groups in total. The lowest BCUT2D eigenvalue weighted by Crippen LogP contribution is -2.48. The van der Waals surface area contributed by atoms with E-state index in [1.807, 2.05) is 4.90 Å². The zero-order valence-corrected chi connectivity index (χ0v) is 24.3. The van der Waals surface area contributed by atoms with E-state index in [-0.39, 0.29) is 22.3 Å². The number of amides is 1. The summed E-state index contributed by atoms with van der Waals surface area (Å²) in [7, 11) is 0. The van der Waals surface area contributed by atoms with Crippen molar-refractivity contribution in [1.29, 1.82) is 0 Å². The molecule has 2 heterocycles. The van der Waals surface area contributed by atoms with Crippen molar-refractivity contribution in [3.8, 4) is 0 Å². The van der Waals surface area contributed by atoms with Gasteiger partial charge in [-0.25, -0.2) is 0 Å². The number of nitrogens with zero attached hydrogens (tertiary/aromatic N) is 3. The van der Waals surface area contributed by atoms with Crippen LogP contribution in [0.3, 0.4) is 0 Å². The fraction of sp³-hybridized carbons (Fsp3) is 0.567. The Bertz CT molecular complexity index is 1100. The third-order valence-electron chi connectivity index (χ3n) is 7.84. The zero-order chi connectivity index (χ0) is 28.2. The predicted octanol–water partition coefficient (Wildman–Crippen LogP) is 6.34. The summed E-state index contributed by atoms with van der Waals surface area (Å²) in [6.07, 6.45) is -0.773. The average Bonchev–Trinajstić information content (AvgIpc) is 2.91. The summed E-state index contributed by atoms with van der Waals surface area (Å²) >= 11 is 1.10. The summed E-state index contributed by atoms with van der Waals surface area (Å²) in [5.41, 5.74) is 2.62. The van der Waals surface area contributed by atoms with Crippen molar-refractivity contribution in [3.63, 3.8) is 0 Å². The van der Waals surface area contributed by atoms with Crippen LogP contribution in [0.25, 0.3) is 0 Å². The number of hydrogen-bond acceptors (Lipinski definition) is 5. The van der Waals surface area contributed by atoms with E-state index in [0.717, 1.165) is 57.3 Å². The van der Waals surface area contributed by atoms with Crippen LogP contribution >= 0.6 is 11.8 Å². The number of carbonyl (C=O) groups is 1. The second kappa shape index (κ2) is 12.4. The van der Waals surface area contributed by atoms with E-state index in [9.17, 15) is 18.0 Å². The van der Waals surface area contributed by atoms with Gasteiger partial charge in [0.05, 0.1) is 5.56 Å². The van der Waals surface area contributed by atoms with Gasteiger partial charge in [0.1, 0.15) is 0 Å². The van der Waals surface area contributed by atoms with Crippen molar-refractivity contribution in [2.45, 2.75) is 62.6 Å². The van der Waals surface area contributed by atoms with Gasteiger partial charge in [-0.15, -0.1) is 11.8 Å². The molecule has 0 aliphatic carbocycles. The highest BCUT2D eigenvalue weighted by Gasteiger charge is 2.34. The SMILES string of the molecule is CSc1ccc(NC2CCN(C(=O)CCN3CCN(c4ccc(C(C)(C)C)cc4)CC3)CC2)cc1C(F)(F)F. The van der Waals surface area contributed by atoms with Crippen LogP contribution < -0.4 is 10.2 Å². The van der Waals surface area contributed by atoms with E-state index in [1.54, 1.807) is 12.3 Å². The highest BCUT2D eigenvalue weighted by atomic mass is 32.2. The van der Waals surface area contributed by atoms with Crippen molar-refractivity contribution >= 4 is 29.0 Å². The number of likely N-dealkylation sites (tertiary alicyclic amines) is 1. The molecule has 39 heavy (non-hydrogen) atoms. The average molecular weight is 563 g/mol. The number of carbonyl (C=O) groups excluding carboxylic acids is 1. The summed E-state index contributed by atoms with van der Waals surface area (Å²) in [6.45, 7) is 12.5. The molecule has 2 aromatic carbocycles. The Morgan fingerprint density at radius 3 is 2.15 bits per heavy atom. The van der Waals surface area contributed by atoms with Crippen LogP contribution in [0.4, 0.5) is 24.5 Å². The fourth-order valence-electron chi connectivity index (χ4n) is 5.34. The van der Waals surface area contributed by atoms with Gasteiger partial charge in [0.15, 0.2) is 0 Å². The lowest BCUT2D eigenvalue weighted by atomic mass is 9.87. The molecule has 0 atom stereocenters. The second-order valence-electron chi connectivity index (χ2n) is 11.6. The van der Waals surface area contributed by atoms with Crippen LogP contribution in [-0.2, 0) is 16.4 Å². The Labute approximate surface area is 235 Å². The van der Waals surface area contributed by atoms with Gasteiger partial charge in [-0.3, -0.25) is 9.69 Å². The quantitative estimate of drug-likeness (QED) is 0.399.